The minimum absolute atomic E-state index is 0.0764. The van der Waals surface area contributed by atoms with E-state index in [0.717, 1.165) is 24.1 Å². The third-order valence-corrected chi connectivity index (χ3v) is 6.69. The number of fused-ring (bicyclic) bond motifs is 2. The Balaban J connectivity index is 1.60. The van der Waals surface area contributed by atoms with Crippen molar-refractivity contribution in [2.24, 2.45) is 0 Å². The van der Waals surface area contributed by atoms with Gasteiger partial charge in [-0.25, -0.2) is 13.2 Å². The second-order valence-corrected chi connectivity index (χ2v) is 9.93. The molecule has 2 aliphatic rings. The van der Waals surface area contributed by atoms with Gasteiger partial charge in [-0.15, -0.1) is 0 Å². The van der Waals surface area contributed by atoms with Gasteiger partial charge in [0.2, 0.25) is 0 Å². The summed E-state index contributed by atoms with van der Waals surface area (Å²) in [6, 6.07) is 16.5. The van der Waals surface area contributed by atoms with Crippen LogP contribution in [-0.4, -0.2) is 33.0 Å². The van der Waals surface area contributed by atoms with E-state index in [0.29, 0.717) is 6.54 Å². The van der Waals surface area contributed by atoms with E-state index in [1.54, 1.807) is 4.90 Å². The van der Waals surface area contributed by atoms with Crippen molar-refractivity contribution in [2.75, 3.05) is 23.5 Å². The lowest BCUT2D eigenvalue weighted by atomic mass is 9.66. The molecule has 142 valence electrons. The Hall–Kier alpha value is -2.34. The Kier molecular flexibility index (Phi) is 4.46. The number of hydrogen-bond acceptors (Lipinski definition) is 3. The topological polar surface area (TPSA) is 66.5 Å². The standard InChI is InChI=1S/C21H24N2O3S/c1-27(25,26)14-18(16-8-3-2-4-9-16)22-20(24)23-15-21(12-7-13-21)17-10-5-6-11-19(17)23/h2-6,8-11,18H,7,12-15H2,1H3,(H,22,24). The number of carbonyl (C=O) groups excluding carboxylic acids is 1. The van der Waals surface area contributed by atoms with Gasteiger partial charge in [-0.3, -0.25) is 4.90 Å². The van der Waals surface area contributed by atoms with Gasteiger partial charge in [0.05, 0.1) is 11.8 Å². The first kappa shape index (κ1) is 18.0. The second-order valence-electron chi connectivity index (χ2n) is 7.74. The Morgan fingerprint density at radius 2 is 1.78 bits per heavy atom. The van der Waals surface area contributed by atoms with Crippen molar-refractivity contribution in [3.8, 4) is 0 Å². The molecule has 2 amide bonds. The van der Waals surface area contributed by atoms with Crippen LogP contribution in [0.4, 0.5) is 10.5 Å². The number of nitrogens with zero attached hydrogens (tertiary/aromatic N) is 1. The first-order chi connectivity index (χ1) is 12.9. The van der Waals surface area contributed by atoms with Gasteiger partial charge in [0, 0.05) is 23.9 Å². The smallest absolute Gasteiger partial charge is 0.322 e. The number of benzene rings is 2. The molecule has 0 bridgehead atoms. The average Bonchev–Trinajstić information content (AvgIpc) is 2.97. The normalized spacial score (nSPS) is 18.6. The molecule has 0 radical (unpaired) electrons. The minimum Gasteiger partial charge on any atom is -0.330 e. The molecule has 1 atom stereocenters. The summed E-state index contributed by atoms with van der Waals surface area (Å²) in [5.74, 6) is -0.122. The molecule has 1 spiro atoms. The van der Waals surface area contributed by atoms with E-state index < -0.39 is 15.9 Å². The van der Waals surface area contributed by atoms with Gasteiger partial charge in [0.1, 0.15) is 9.84 Å². The SMILES string of the molecule is CS(=O)(=O)CC(NC(=O)N1CC2(CCC2)c2ccccc21)c1ccccc1. The molecule has 2 aromatic carbocycles. The summed E-state index contributed by atoms with van der Waals surface area (Å²) in [5.41, 5.74) is 3.06. The van der Waals surface area contributed by atoms with Crippen molar-refractivity contribution in [1.82, 2.24) is 5.32 Å². The number of rotatable bonds is 4. The minimum atomic E-state index is -3.25. The second kappa shape index (κ2) is 6.68. The number of sulfone groups is 1. The highest BCUT2D eigenvalue weighted by molar-refractivity contribution is 7.90. The molecule has 0 aromatic heterocycles. The highest BCUT2D eigenvalue weighted by Gasteiger charge is 2.48. The summed E-state index contributed by atoms with van der Waals surface area (Å²) >= 11 is 0. The van der Waals surface area contributed by atoms with E-state index in [9.17, 15) is 13.2 Å². The predicted octanol–water partition coefficient (Wildman–Crippen LogP) is 3.42. The van der Waals surface area contributed by atoms with Crippen LogP contribution in [0, 0.1) is 0 Å². The van der Waals surface area contributed by atoms with E-state index >= 15 is 0 Å². The monoisotopic (exact) mass is 384 g/mol. The van der Waals surface area contributed by atoms with Crippen molar-refractivity contribution >= 4 is 21.6 Å². The van der Waals surface area contributed by atoms with Gasteiger partial charge >= 0.3 is 6.03 Å². The van der Waals surface area contributed by atoms with Gasteiger partial charge in [0.15, 0.2) is 0 Å². The molecule has 4 rings (SSSR count). The maximum atomic E-state index is 13.1. The van der Waals surface area contributed by atoms with Crippen LogP contribution in [0.2, 0.25) is 0 Å². The number of para-hydroxylation sites is 1. The molecule has 1 aliphatic heterocycles. The van der Waals surface area contributed by atoms with E-state index in [2.05, 4.69) is 11.4 Å². The van der Waals surface area contributed by atoms with Crippen molar-refractivity contribution in [2.45, 2.75) is 30.7 Å². The lowest BCUT2D eigenvalue weighted by Gasteiger charge is -2.39. The van der Waals surface area contributed by atoms with Crippen LogP contribution < -0.4 is 10.2 Å². The maximum absolute atomic E-state index is 13.1. The lowest BCUT2D eigenvalue weighted by molar-refractivity contribution is 0.234. The first-order valence-corrected chi connectivity index (χ1v) is 11.3. The first-order valence-electron chi connectivity index (χ1n) is 9.28. The Morgan fingerprint density at radius 1 is 1.11 bits per heavy atom. The molecule has 0 saturated heterocycles. The largest absolute Gasteiger partial charge is 0.330 e. The van der Waals surface area contributed by atoms with Crippen LogP contribution in [0.15, 0.2) is 54.6 Å². The molecule has 27 heavy (non-hydrogen) atoms. The van der Waals surface area contributed by atoms with Crippen molar-refractivity contribution in [3.63, 3.8) is 0 Å². The zero-order valence-electron chi connectivity index (χ0n) is 15.4. The number of hydrogen-bond donors (Lipinski definition) is 1. The fraction of sp³-hybridized carbons (Fsp3) is 0.381. The van der Waals surface area contributed by atoms with Crippen LogP contribution in [0.1, 0.15) is 36.4 Å². The Labute approximate surface area is 160 Å². The van der Waals surface area contributed by atoms with Gasteiger partial charge in [0.25, 0.3) is 0 Å². The van der Waals surface area contributed by atoms with Crippen LogP contribution in [0.5, 0.6) is 0 Å². The molecule has 1 fully saturated rings. The zero-order chi connectivity index (χ0) is 19.1. The highest BCUT2D eigenvalue weighted by Crippen LogP contribution is 2.52. The number of anilines is 1. The number of carbonyl (C=O) groups is 1. The summed E-state index contributed by atoms with van der Waals surface area (Å²) in [6.07, 6.45) is 4.58. The molecular weight excluding hydrogens is 360 g/mol. The maximum Gasteiger partial charge on any atom is 0.322 e. The molecule has 1 heterocycles. The van der Waals surface area contributed by atoms with Gasteiger partial charge in [-0.1, -0.05) is 55.0 Å². The molecule has 1 N–H and O–H groups in total. The Morgan fingerprint density at radius 3 is 2.41 bits per heavy atom. The molecule has 2 aromatic rings. The molecular formula is C21H24N2O3S. The summed E-state index contributed by atoms with van der Waals surface area (Å²) < 4.78 is 23.8. The van der Waals surface area contributed by atoms with Crippen molar-refractivity contribution in [3.05, 3.63) is 65.7 Å². The number of amides is 2. The predicted molar refractivity (Wildman–Crippen MR) is 107 cm³/mol. The van der Waals surface area contributed by atoms with Crippen LogP contribution in [0.3, 0.4) is 0 Å². The summed E-state index contributed by atoms with van der Waals surface area (Å²) in [5, 5.41) is 2.97. The van der Waals surface area contributed by atoms with Crippen LogP contribution in [-0.2, 0) is 15.3 Å². The quantitative estimate of drug-likeness (QED) is 0.878. The molecule has 1 unspecified atom stereocenters. The molecule has 5 nitrogen and oxygen atoms in total. The fourth-order valence-corrected chi connectivity index (χ4v) is 5.16. The highest BCUT2D eigenvalue weighted by atomic mass is 32.2. The lowest BCUT2D eigenvalue weighted by Crippen LogP contribution is -2.46. The zero-order valence-corrected chi connectivity index (χ0v) is 16.2. The summed E-state index contributed by atoms with van der Waals surface area (Å²) in [7, 11) is -3.25. The van der Waals surface area contributed by atoms with E-state index in [4.69, 9.17) is 0 Å². The Bertz CT molecular complexity index is 952. The van der Waals surface area contributed by atoms with Gasteiger partial charge in [-0.2, -0.15) is 0 Å². The summed E-state index contributed by atoms with van der Waals surface area (Å²) in [6.45, 7) is 0.665. The van der Waals surface area contributed by atoms with Crippen molar-refractivity contribution in [1.29, 1.82) is 0 Å². The number of urea groups is 1. The summed E-state index contributed by atoms with van der Waals surface area (Å²) in [4.78, 5) is 14.9. The van der Waals surface area contributed by atoms with Gasteiger partial charge in [-0.05, 0) is 30.0 Å². The van der Waals surface area contributed by atoms with E-state index in [1.165, 1.54) is 18.2 Å². The molecule has 1 saturated carbocycles. The third kappa shape index (κ3) is 3.46. The van der Waals surface area contributed by atoms with Gasteiger partial charge < -0.3 is 5.32 Å². The fourth-order valence-electron chi connectivity index (χ4n) is 4.28. The van der Waals surface area contributed by atoms with Crippen LogP contribution >= 0.6 is 0 Å². The third-order valence-electron chi connectivity index (χ3n) is 5.75. The molecule has 6 heteroatoms. The van der Waals surface area contributed by atoms with E-state index in [1.807, 2.05) is 48.5 Å². The average molecular weight is 385 g/mol. The van der Waals surface area contributed by atoms with Crippen molar-refractivity contribution < 1.29 is 13.2 Å². The van der Waals surface area contributed by atoms with Crippen LogP contribution in [0.25, 0.3) is 0 Å². The molecule has 1 aliphatic carbocycles. The number of nitrogens with one attached hydrogen (secondary N) is 1. The van der Waals surface area contributed by atoms with E-state index in [-0.39, 0.29) is 17.2 Å².